The highest BCUT2D eigenvalue weighted by Crippen LogP contribution is 2.46. The summed E-state index contributed by atoms with van der Waals surface area (Å²) in [6.07, 6.45) is 3.01. The van der Waals surface area contributed by atoms with E-state index in [1.807, 2.05) is 0 Å². The molecule has 0 saturated heterocycles. The molecule has 0 spiro atoms. The van der Waals surface area contributed by atoms with E-state index in [9.17, 15) is 0 Å². The Kier molecular flexibility index (Phi) is 1.65. The molecule has 0 atom stereocenters. The number of nitrogens with zero attached hydrogens (tertiary/aromatic N) is 2. The quantitative estimate of drug-likeness (QED) is 0.716. The molecule has 1 aromatic heterocycles. The van der Waals surface area contributed by atoms with Gasteiger partial charge in [0.25, 0.3) is 0 Å². The standard InChI is InChI=1S/C8H13N3O/c1-8(3-4-8)7-11-10-6(12-7)2-5-9/h2-5,9H2,1H3. The van der Waals surface area contributed by atoms with E-state index in [0.717, 1.165) is 18.7 Å². The Morgan fingerprint density at radius 3 is 2.83 bits per heavy atom. The van der Waals surface area contributed by atoms with Gasteiger partial charge in [-0.05, 0) is 12.8 Å². The van der Waals surface area contributed by atoms with Gasteiger partial charge in [-0.1, -0.05) is 6.92 Å². The van der Waals surface area contributed by atoms with Crippen molar-refractivity contribution >= 4 is 0 Å². The highest BCUT2D eigenvalue weighted by atomic mass is 16.4. The fourth-order valence-electron chi connectivity index (χ4n) is 1.12. The molecule has 0 amide bonds. The minimum Gasteiger partial charge on any atom is -0.425 e. The lowest BCUT2D eigenvalue weighted by Crippen LogP contribution is -2.02. The van der Waals surface area contributed by atoms with Gasteiger partial charge in [-0.3, -0.25) is 0 Å². The molecule has 4 nitrogen and oxygen atoms in total. The molecule has 0 aliphatic heterocycles. The maximum atomic E-state index is 5.45. The summed E-state index contributed by atoms with van der Waals surface area (Å²) in [6, 6.07) is 0. The number of aromatic nitrogens is 2. The van der Waals surface area contributed by atoms with E-state index in [0.29, 0.717) is 18.9 Å². The van der Waals surface area contributed by atoms with Crippen molar-refractivity contribution < 1.29 is 4.42 Å². The lowest BCUT2D eigenvalue weighted by molar-refractivity contribution is 0.417. The van der Waals surface area contributed by atoms with E-state index < -0.39 is 0 Å². The van der Waals surface area contributed by atoms with Crippen LogP contribution < -0.4 is 5.73 Å². The Morgan fingerprint density at radius 1 is 1.50 bits per heavy atom. The Morgan fingerprint density at radius 2 is 2.25 bits per heavy atom. The molecule has 0 bridgehead atoms. The fraction of sp³-hybridized carbons (Fsp3) is 0.750. The Hall–Kier alpha value is -0.900. The summed E-state index contributed by atoms with van der Waals surface area (Å²) in [5.41, 5.74) is 5.55. The number of hydrogen-bond acceptors (Lipinski definition) is 4. The summed E-state index contributed by atoms with van der Waals surface area (Å²) in [4.78, 5) is 0. The van der Waals surface area contributed by atoms with E-state index in [1.54, 1.807) is 0 Å². The first-order chi connectivity index (χ1) is 5.74. The van der Waals surface area contributed by atoms with Crippen LogP contribution in [0, 0.1) is 0 Å². The number of hydrogen-bond donors (Lipinski definition) is 1. The fourth-order valence-corrected chi connectivity index (χ4v) is 1.12. The molecule has 2 rings (SSSR count). The van der Waals surface area contributed by atoms with E-state index in [2.05, 4.69) is 17.1 Å². The van der Waals surface area contributed by atoms with Crippen molar-refractivity contribution in [1.82, 2.24) is 10.2 Å². The smallest absolute Gasteiger partial charge is 0.222 e. The summed E-state index contributed by atoms with van der Waals surface area (Å²) in [6.45, 7) is 2.71. The normalized spacial score (nSPS) is 19.5. The van der Waals surface area contributed by atoms with Crippen molar-refractivity contribution in [2.75, 3.05) is 6.54 Å². The predicted molar refractivity (Wildman–Crippen MR) is 43.6 cm³/mol. The van der Waals surface area contributed by atoms with Gasteiger partial charge >= 0.3 is 0 Å². The molecule has 4 heteroatoms. The maximum absolute atomic E-state index is 5.45. The Balaban J connectivity index is 2.13. The minimum absolute atomic E-state index is 0.180. The predicted octanol–water partition coefficient (Wildman–Crippen LogP) is 0.622. The molecule has 0 radical (unpaired) electrons. The molecular weight excluding hydrogens is 154 g/mol. The summed E-state index contributed by atoms with van der Waals surface area (Å²) in [5.74, 6) is 1.45. The van der Waals surface area contributed by atoms with Gasteiger partial charge in [-0.25, -0.2) is 0 Å². The maximum Gasteiger partial charge on any atom is 0.222 e. The van der Waals surface area contributed by atoms with E-state index in [-0.39, 0.29) is 5.41 Å². The summed E-state index contributed by atoms with van der Waals surface area (Å²) < 4.78 is 5.45. The highest BCUT2D eigenvalue weighted by molar-refractivity contribution is 5.11. The zero-order valence-corrected chi connectivity index (χ0v) is 7.21. The second-order valence-corrected chi connectivity index (χ2v) is 3.60. The molecule has 1 fully saturated rings. The van der Waals surface area contributed by atoms with Crippen LogP contribution in [0.15, 0.2) is 4.42 Å². The first-order valence-electron chi connectivity index (χ1n) is 4.27. The lowest BCUT2D eigenvalue weighted by Gasteiger charge is -1.97. The topological polar surface area (TPSA) is 64.9 Å². The monoisotopic (exact) mass is 167 g/mol. The Labute approximate surface area is 71.2 Å². The number of rotatable bonds is 3. The number of nitrogens with two attached hydrogens (primary N) is 1. The highest BCUT2D eigenvalue weighted by Gasteiger charge is 2.44. The van der Waals surface area contributed by atoms with Gasteiger partial charge in [0.05, 0.1) is 0 Å². The van der Waals surface area contributed by atoms with Crippen molar-refractivity contribution in [3.63, 3.8) is 0 Å². The van der Waals surface area contributed by atoms with Crippen LogP contribution in [-0.4, -0.2) is 16.7 Å². The summed E-state index contributed by atoms with van der Waals surface area (Å²) in [7, 11) is 0. The lowest BCUT2D eigenvalue weighted by atomic mass is 10.1. The third kappa shape index (κ3) is 1.22. The molecule has 1 aromatic rings. The Bertz CT molecular complexity index is 278. The third-order valence-electron chi connectivity index (χ3n) is 2.34. The second-order valence-electron chi connectivity index (χ2n) is 3.60. The SMILES string of the molecule is CC1(c2nnc(CCN)o2)CC1. The second kappa shape index (κ2) is 2.55. The zero-order chi connectivity index (χ0) is 8.60. The minimum atomic E-state index is 0.180. The van der Waals surface area contributed by atoms with Crippen molar-refractivity contribution in [3.05, 3.63) is 11.8 Å². The van der Waals surface area contributed by atoms with Gasteiger partial charge in [0, 0.05) is 18.4 Å². The van der Waals surface area contributed by atoms with Crippen molar-refractivity contribution in [2.24, 2.45) is 5.73 Å². The van der Waals surface area contributed by atoms with E-state index in [1.165, 1.54) is 0 Å². The molecular formula is C8H13N3O. The van der Waals surface area contributed by atoms with Gasteiger partial charge < -0.3 is 10.2 Å². The van der Waals surface area contributed by atoms with Gasteiger partial charge in [0.2, 0.25) is 11.8 Å². The van der Waals surface area contributed by atoms with Crippen LogP contribution in [0.1, 0.15) is 31.5 Å². The van der Waals surface area contributed by atoms with Crippen LogP contribution in [0.2, 0.25) is 0 Å². The first-order valence-corrected chi connectivity index (χ1v) is 4.27. The molecule has 0 aromatic carbocycles. The van der Waals surface area contributed by atoms with Crippen LogP contribution in [0.3, 0.4) is 0 Å². The molecule has 66 valence electrons. The molecule has 1 saturated carbocycles. The molecule has 1 heterocycles. The summed E-state index contributed by atoms with van der Waals surface area (Å²) in [5, 5.41) is 7.91. The van der Waals surface area contributed by atoms with Gasteiger partial charge in [0.15, 0.2) is 0 Å². The van der Waals surface area contributed by atoms with Crippen LogP contribution in [0.4, 0.5) is 0 Å². The third-order valence-corrected chi connectivity index (χ3v) is 2.34. The molecule has 12 heavy (non-hydrogen) atoms. The largest absolute Gasteiger partial charge is 0.425 e. The van der Waals surface area contributed by atoms with Gasteiger partial charge in [-0.2, -0.15) is 0 Å². The van der Waals surface area contributed by atoms with Crippen molar-refractivity contribution in [2.45, 2.75) is 31.6 Å². The van der Waals surface area contributed by atoms with Gasteiger partial charge in [-0.15, -0.1) is 10.2 Å². The van der Waals surface area contributed by atoms with Crippen LogP contribution >= 0.6 is 0 Å². The molecule has 1 aliphatic rings. The molecule has 2 N–H and O–H groups in total. The average Bonchev–Trinajstić information content (AvgIpc) is 2.64. The van der Waals surface area contributed by atoms with E-state index >= 15 is 0 Å². The van der Waals surface area contributed by atoms with Crippen molar-refractivity contribution in [3.8, 4) is 0 Å². The van der Waals surface area contributed by atoms with E-state index in [4.69, 9.17) is 10.2 Å². The first kappa shape index (κ1) is 7.73. The summed E-state index contributed by atoms with van der Waals surface area (Å²) >= 11 is 0. The van der Waals surface area contributed by atoms with Crippen LogP contribution in [-0.2, 0) is 11.8 Å². The molecule has 1 aliphatic carbocycles. The average molecular weight is 167 g/mol. The van der Waals surface area contributed by atoms with Gasteiger partial charge in [0.1, 0.15) is 0 Å². The molecule has 0 unspecified atom stereocenters. The van der Waals surface area contributed by atoms with Crippen LogP contribution in [0.5, 0.6) is 0 Å². The van der Waals surface area contributed by atoms with Crippen molar-refractivity contribution in [1.29, 1.82) is 0 Å². The zero-order valence-electron chi connectivity index (χ0n) is 7.21. The van der Waals surface area contributed by atoms with Crippen LogP contribution in [0.25, 0.3) is 0 Å².